The summed E-state index contributed by atoms with van der Waals surface area (Å²) in [6, 6.07) is 20.8. The van der Waals surface area contributed by atoms with E-state index in [2.05, 4.69) is 48.5 Å². The first kappa shape index (κ1) is 16.7. The summed E-state index contributed by atoms with van der Waals surface area (Å²) in [7, 11) is 0. The Morgan fingerprint density at radius 3 is 2.38 bits per heavy atom. The molecule has 0 saturated carbocycles. The third-order valence-corrected chi connectivity index (χ3v) is 4.63. The molecule has 2 aromatic rings. The zero-order valence-corrected chi connectivity index (χ0v) is 13.9. The first-order chi connectivity index (χ1) is 11.8. The van der Waals surface area contributed by atoms with Gasteiger partial charge in [0.15, 0.2) is 0 Å². The standard InChI is InChI=1S/C21H23NO2/c22-13-18-8-6-17(7-9-18)10-11-21(20-4-2-1-3-5-20)12-19-14-23-16-24-15-19/h1-9,19,21H,10-12,14-16H2. The summed E-state index contributed by atoms with van der Waals surface area (Å²) < 4.78 is 10.9. The van der Waals surface area contributed by atoms with Gasteiger partial charge in [0.05, 0.1) is 24.8 Å². The van der Waals surface area contributed by atoms with Crippen LogP contribution in [0.2, 0.25) is 0 Å². The molecule has 1 atom stereocenters. The molecule has 0 aromatic heterocycles. The maximum absolute atomic E-state index is 8.90. The summed E-state index contributed by atoms with van der Waals surface area (Å²) in [5.74, 6) is 0.960. The summed E-state index contributed by atoms with van der Waals surface area (Å²) in [6.07, 6.45) is 3.19. The van der Waals surface area contributed by atoms with Crippen molar-refractivity contribution in [2.24, 2.45) is 5.92 Å². The Morgan fingerprint density at radius 1 is 1.00 bits per heavy atom. The fraction of sp³-hybridized carbons (Fsp3) is 0.381. The van der Waals surface area contributed by atoms with Crippen molar-refractivity contribution in [3.63, 3.8) is 0 Å². The van der Waals surface area contributed by atoms with E-state index >= 15 is 0 Å². The molecular formula is C21H23NO2. The summed E-state index contributed by atoms with van der Waals surface area (Å²) in [5, 5.41) is 8.90. The van der Waals surface area contributed by atoms with Crippen LogP contribution >= 0.6 is 0 Å². The van der Waals surface area contributed by atoms with Crippen LogP contribution in [0.15, 0.2) is 54.6 Å². The van der Waals surface area contributed by atoms with Crippen LogP contribution in [0.4, 0.5) is 0 Å². The van der Waals surface area contributed by atoms with Crippen molar-refractivity contribution in [1.82, 2.24) is 0 Å². The van der Waals surface area contributed by atoms with E-state index in [-0.39, 0.29) is 0 Å². The highest BCUT2D eigenvalue weighted by Crippen LogP contribution is 2.30. The van der Waals surface area contributed by atoms with Gasteiger partial charge in [-0.1, -0.05) is 42.5 Å². The van der Waals surface area contributed by atoms with Crippen LogP contribution < -0.4 is 0 Å². The first-order valence-corrected chi connectivity index (χ1v) is 8.54. The normalized spacial score (nSPS) is 16.5. The third-order valence-electron chi connectivity index (χ3n) is 4.63. The molecule has 0 radical (unpaired) electrons. The van der Waals surface area contributed by atoms with Gasteiger partial charge in [-0.15, -0.1) is 0 Å². The summed E-state index contributed by atoms with van der Waals surface area (Å²) >= 11 is 0. The number of aryl methyl sites for hydroxylation is 1. The summed E-state index contributed by atoms with van der Waals surface area (Å²) in [5.41, 5.74) is 3.39. The second-order valence-electron chi connectivity index (χ2n) is 6.42. The van der Waals surface area contributed by atoms with Gasteiger partial charge >= 0.3 is 0 Å². The molecule has 1 heterocycles. The van der Waals surface area contributed by atoms with Crippen LogP contribution in [0.3, 0.4) is 0 Å². The van der Waals surface area contributed by atoms with E-state index in [1.807, 2.05) is 12.1 Å². The largest absolute Gasteiger partial charge is 0.355 e. The fourth-order valence-corrected chi connectivity index (χ4v) is 3.31. The average Bonchev–Trinajstić information content (AvgIpc) is 2.67. The number of benzene rings is 2. The Labute approximate surface area is 143 Å². The van der Waals surface area contributed by atoms with Crippen molar-refractivity contribution in [1.29, 1.82) is 5.26 Å². The molecule has 0 spiro atoms. The maximum Gasteiger partial charge on any atom is 0.146 e. The summed E-state index contributed by atoms with van der Waals surface area (Å²) in [4.78, 5) is 0. The number of ether oxygens (including phenoxy) is 2. The molecule has 124 valence electrons. The Bertz CT molecular complexity index is 654. The highest BCUT2D eigenvalue weighted by atomic mass is 16.7. The molecule has 0 N–H and O–H groups in total. The van der Waals surface area contributed by atoms with E-state index in [0.717, 1.165) is 38.0 Å². The minimum atomic E-state index is 0.428. The highest BCUT2D eigenvalue weighted by Gasteiger charge is 2.21. The van der Waals surface area contributed by atoms with Crippen LogP contribution in [0.5, 0.6) is 0 Å². The molecule has 3 heteroatoms. The van der Waals surface area contributed by atoms with Crippen LogP contribution in [0, 0.1) is 17.2 Å². The van der Waals surface area contributed by atoms with Gasteiger partial charge in [-0.3, -0.25) is 0 Å². The lowest BCUT2D eigenvalue weighted by Crippen LogP contribution is -2.25. The van der Waals surface area contributed by atoms with Crippen LogP contribution in [-0.2, 0) is 15.9 Å². The number of rotatable bonds is 6. The number of hydrogen-bond donors (Lipinski definition) is 0. The van der Waals surface area contributed by atoms with Crippen molar-refractivity contribution < 1.29 is 9.47 Å². The Hall–Kier alpha value is -2.15. The molecule has 1 fully saturated rings. The lowest BCUT2D eigenvalue weighted by Gasteiger charge is -2.27. The second kappa shape index (κ2) is 8.63. The number of hydrogen-bond acceptors (Lipinski definition) is 3. The van der Waals surface area contributed by atoms with E-state index in [9.17, 15) is 0 Å². The molecule has 0 aliphatic carbocycles. The monoisotopic (exact) mass is 321 g/mol. The quantitative estimate of drug-likeness (QED) is 0.797. The molecule has 24 heavy (non-hydrogen) atoms. The van der Waals surface area contributed by atoms with Crippen LogP contribution in [-0.4, -0.2) is 20.0 Å². The van der Waals surface area contributed by atoms with Gasteiger partial charge < -0.3 is 9.47 Å². The first-order valence-electron chi connectivity index (χ1n) is 8.54. The van der Waals surface area contributed by atoms with Crippen molar-refractivity contribution in [2.45, 2.75) is 25.2 Å². The Balaban J connectivity index is 1.65. The maximum atomic E-state index is 8.90. The third kappa shape index (κ3) is 4.67. The molecule has 3 rings (SSSR count). The van der Waals surface area contributed by atoms with Crippen LogP contribution in [0.1, 0.15) is 35.4 Å². The molecule has 1 unspecified atom stereocenters. The van der Waals surface area contributed by atoms with Gasteiger partial charge in [-0.2, -0.15) is 5.26 Å². The molecule has 1 aliphatic rings. The molecule has 1 aliphatic heterocycles. The number of nitriles is 1. The van der Waals surface area contributed by atoms with Crippen molar-refractivity contribution in [3.05, 3.63) is 71.3 Å². The van der Waals surface area contributed by atoms with Gasteiger partial charge in [-0.05, 0) is 48.4 Å². The molecule has 2 aromatic carbocycles. The van der Waals surface area contributed by atoms with E-state index < -0.39 is 0 Å². The summed E-state index contributed by atoms with van der Waals surface area (Å²) in [6.45, 7) is 2.01. The minimum Gasteiger partial charge on any atom is -0.355 e. The van der Waals surface area contributed by atoms with E-state index in [1.54, 1.807) is 0 Å². The minimum absolute atomic E-state index is 0.428. The van der Waals surface area contributed by atoms with Gasteiger partial charge in [0, 0.05) is 5.92 Å². The van der Waals surface area contributed by atoms with Crippen molar-refractivity contribution in [2.75, 3.05) is 20.0 Å². The van der Waals surface area contributed by atoms with Gasteiger partial charge in [-0.25, -0.2) is 0 Å². The molecule has 0 bridgehead atoms. The van der Waals surface area contributed by atoms with Gasteiger partial charge in [0.1, 0.15) is 6.79 Å². The number of nitrogens with zero attached hydrogens (tertiary/aromatic N) is 1. The molecule has 0 amide bonds. The molecule has 1 saturated heterocycles. The fourth-order valence-electron chi connectivity index (χ4n) is 3.31. The van der Waals surface area contributed by atoms with Crippen molar-refractivity contribution >= 4 is 0 Å². The van der Waals surface area contributed by atoms with Crippen LogP contribution in [0.25, 0.3) is 0 Å². The zero-order chi connectivity index (χ0) is 16.6. The smallest absolute Gasteiger partial charge is 0.146 e. The lowest BCUT2D eigenvalue weighted by atomic mass is 9.85. The van der Waals surface area contributed by atoms with Gasteiger partial charge in [0.2, 0.25) is 0 Å². The van der Waals surface area contributed by atoms with E-state index in [4.69, 9.17) is 14.7 Å². The average molecular weight is 321 g/mol. The Morgan fingerprint density at radius 2 is 1.71 bits per heavy atom. The predicted molar refractivity (Wildman–Crippen MR) is 93.5 cm³/mol. The van der Waals surface area contributed by atoms with E-state index in [0.29, 0.717) is 18.6 Å². The zero-order valence-electron chi connectivity index (χ0n) is 13.9. The SMILES string of the molecule is N#Cc1ccc(CCC(CC2COCOC2)c2ccccc2)cc1. The topological polar surface area (TPSA) is 42.2 Å². The predicted octanol–water partition coefficient (Wildman–Crippen LogP) is 4.29. The molecular weight excluding hydrogens is 298 g/mol. The lowest BCUT2D eigenvalue weighted by molar-refractivity contribution is -0.128. The molecule has 3 nitrogen and oxygen atoms in total. The second-order valence-corrected chi connectivity index (χ2v) is 6.42. The Kier molecular flexibility index (Phi) is 6.01. The highest BCUT2D eigenvalue weighted by molar-refractivity contribution is 5.31. The van der Waals surface area contributed by atoms with Gasteiger partial charge in [0.25, 0.3) is 0 Å². The van der Waals surface area contributed by atoms with Crippen molar-refractivity contribution in [3.8, 4) is 6.07 Å². The van der Waals surface area contributed by atoms with E-state index in [1.165, 1.54) is 11.1 Å².